The highest BCUT2D eigenvalue weighted by Crippen LogP contribution is 2.24. The maximum atomic E-state index is 5.97. The average Bonchev–Trinajstić information content (AvgIpc) is 2.85. The van der Waals surface area contributed by atoms with Crippen LogP contribution in [-0.2, 0) is 6.54 Å². The van der Waals surface area contributed by atoms with Crippen molar-refractivity contribution in [3.8, 4) is 0 Å². The van der Waals surface area contributed by atoms with E-state index >= 15 is 0 Å². The summed E-state index contributed by atoms with van der Waals surface area (Å²) in [7, 11) is 2.08. The summed E-state index contributed by atoms with van der Waals surface area (Å²) in [5, 5.41) is 0. The van der Waals surface area contributed by atoms with Crippen LogP contribution in [-0.4, -0.2) is 18.5 Å². The monoisotopic (exact) mass is 258 g/mol. The zero-order chi connectivity index (χ0) is 13.8. The van der Waals surface area contributed by atoms with Crippen LogP contribution in [0.2, 0.25) is 0 Å². The molecule has 0 saturated heterocycles. The largest absolute Gasteiger partial charge is 0.468 e. The van der Waals surface area contributed by atoms with Gasteiger partial charge >= 0.3 is 0 Å². The van der Waals surface area contributed by atoms with Crippen LogP contribution in [0.3, 0.4) is 0 Å². The van der Waals surface area contributed by atoms with E-state index in [9.17, 15) is 0 Å². The van der Waals surface area contributed by atoms with Crippen molar-refractivity contribution < 1.29 is 4.42 Å². The molecule has 1 aromatic carbocycles. The molecular formula is C16H22N2O. The lowest BCUT2D eigenvalue weighted by molar-refractivity contribution is 0.222. The van der Waals surface area contributed by atoms with Gasteiger partial charge < -0.3 is 10.2 Å². The van der Waals surface area contributed by atoms with Gasteiger partial charge in [0.15, 0.2) is 0 Å². The molecule has 3 heteroatoms. The van der Waals surface area contributed by atoms with Crippen molar-refractivity contribution >= 4 is 0 Å². The fourth-order valence-electron chi connectivity index (χ4n) is 2.50. The second-order valence-corrected chi connectivity index (χ2v) is 5.11. The Labute approximate surface area is 115 Å². The number of furan rings is 1. The van der Waals surface area contributed by atoms with Crippen LogP contribution < -0.4 is 5.73 Å². The van der Waals surface area contributed by atoms with Gasteiger partial charge in [-0.15, -0.1) is 0 Å². The van der Waals surface area contributed by atoms with E-state index in [1.165, 1.54) is 16.7 Å². The van der Waals surface area contributed by atoms with Crippen LogP contribution in [0, 0.1) is 13.8 Å². The highest BCUT2D eigenvalue weighted by Gasteiger charge is 2.18. The molecule has 0 aliphatic heterocycles. The Hall–Kier alpha value is -1.58. The fourth-order valence-corrected chi connectivity index (χ4v) is 2.50. The first kappa shape index (κ1) is 13.8. The predicted molar refractivity (Wildman–Crippen MR) is 77.9 cm³/mol. The molecule has 0 aliphatic rings. The first-order valence-corrected chi connectivity index (χ1v) is 6.61. The third-order valence-corrected chi connectivity index (χ3v) is 3.52. The highest BCUT2D eigenvalue weighted by molar-refractivity contribution is 5.33. The van der Waals surface area contributed by atoms with Crippen LogP contribution in [0.1, 0.15) is 28.5 Å². The van der Waals surface area contributed by atoms with Crippen molar-refractivity contribution in [2.45, 2.75) is 26.4 Å². The molecule has 0 radical (unpaired) electrons. The van der Waals surface area contributed by atoms with Gasteiger partial charge in [0.05, 0.1) is 12.8 Å². The van der Waals surface area contributed by atoms with Gasteiger partial charge in [-0.25, -0.2) is 0 Å². The Kier molecular flexibility index (Phi) is 4.40. The van der Waals surface area contributed by atoms with Crippen LogP contribution in [0.25, 0.3) is 0 Å². The van der Waals surface area contributed by atoms with Crippen LogP contribution in [0.4, 0.5) is 0 Å². The van der Waals surface area contributed by atoms with E-state index in [1.807, 2.05) is 12.1 Å². The maximum Gasteiger partial charge on any atom is 0.117 e. The predicted octanol–water partition coefficient (Wildman–Crippen LogP) is 3.03. The van der Waals surface area contributed by atoms with Crippen LogP contribution in [0.15, 0.2) is 41.0 Å². The standard InChI is InChI=1S/C16H22N2O/c1-12-6-7-15(13(2)9-12)16(10-17)18(3)11-14-5-4-8-19-14/h4-9,16H,10-11,17H2,1-3H3. The van der Waals surface area contributed by atoms with Crippen molar-refractivity contribution in [2.75, 3.05) is 13.6 Å². The number of aryl methyl sites for hydroxylation is 2. The third-order valence-electron chi connectivity index (χ3n) is 3.52. The molecule has 1 aromatic heterocycles. The summed E-state index contributed by atoms with van der Waals surface area (Å²) in [6.45, 7) is 5.62. The third kappa shape index (κ3) is 3.25. The number of likely N-dealkylation sites (N-methyl/N-ethyl adjacent to an activating group) is 1. The molecule has 0 spiro atoms. The van der Waals surface area contributed by atoms with Crippen molar-refractivity contribution in [2.24, 2.45) is 5.73 Å². The van der Waals surface area contributed by atoms with Gasteiger partial charge in [-0.3, -0.25) is 4.90 Å². The van der Waals surface area contributed by atoms with Gasteiger partial charge in [-0.1, -0.05) is 23.8 Å². The van der Waals surface area contributed by atoms with Gasteiger partial charge in [-0.2, -0.15) is 0 Å². The number of hydrogen-bond donors (Lipinski definition) is 1. The summed E-state index contributed by atoms with van der Waals surface area (Å²) in [6.07, 6.45) is 1.71. The number of nitrogens with zero attached hydrogens (tertiary/aromatic N) is 1. The zero-order valence-corrected chi connectivity index (χ0v) is 11.9. The molecule has 2 N–H and O–H groups in total. The minimum atomic E-state index is 0.214. The molecule has 2 rings (SSSR count). The molecule has 2 aromatic rings. The Morgan fingerprint density at radius 2 is 2.05 bits per heavy atom. The van der Waals surface area contributed by atoms with E-state index in [4.69, 9.17) is 10.2 Å². The minimum Gasteiger partial charge on any atom is -0.468 e. The van der Waals surface area contributed by atoms with Gasteiger partial charge in [0, 0.05) is 12.6 Å². The second kappa shape index (κ2) is 6.04. The average molecular weight is 258 g/mol. The second-order valence-electron chi connectivity index (χ2n) is 5.11. The minimum absolute atomic E-state index is 0.214. The lowest BCUT2D eigenvalue weighted by Gasteiger charge is -2.28. The molecule has 102 valence electrons. The molecule has 0 amide bonds. The molecule has 0 aliphatic carbocycles. The van der Waals surface area contributed by atoms with Crippen molar-refractivity contribution in [1.82, 2.24) is 4.90 Å². The number of benzene rings is 1. The molecule has 3 nitrogen and oxygen atoms in total. The molecule has 1 atom stereocenters. The summed E-state index contributed by atoms with van der Waals surface area (Å²) in [5.41, 5.74) is 9.84. The highest BCUT2D eigenvalue weighted by atomic mass is 16.3. The van der Waals surface area contributed by atoms with Gasteiger partial charge in [-0.05, 0) is 44.2 Å². The van der Waals surface area contributed by atoms with Crippen LogP contribution in [0.5, 0.6) is 0 Å². The molecule has 1 unspecified atom stereocenters. The van der Waals surface area contributed by atoms with Crippen LogP contribution >= 0.6 is 0 Å². The topological polar surface area (TPSA) is 42.4 Å². The normalized spacial score (nSPS) is 12.9. The summed E-state index contributed by atoms with van der Waals surface area (Å²) in [4.78, 5) is 2.23. The van der Waals surface area contributed by atoms with Gasteiger partial charge in [0.1, 0.15) is 5.76 Å². The van der Waals surface area contributed by atoms with Gasteiger partial charge in [0.2, 0.25) is 0 Å². The Bertz CT molecular complexity index is 520. The summed E-state index contributed by atoms with van der Waals surface area (Å²) in [5.74, 6) is 0.964. The zero-order valence-electron chi connectivity index (χ0n) is 11.9. The molecule has 1 heterocycles. The smallest absolute Gasteiger partial charge is 0.117 e. The molecule has 0 saturated carbocycles. The molecule has 0 bridgehead atoms. The maximum absolute atomic E-state index is 5.97. The summed E-state index contributed by atoms with van der Waals surface area (Å²) in [6, 6.07) is 10.7. The first-order valence-electron chi connectivity index (χ1n) is 6.61. The molecule has 19 heavy (non-hydrogen) atoms. The van der Waals surface area contributed by atoms with E-state index in [0.717, 1.165) is 12.3 Å². The Morgan fingerprint density at radius 3 is 2.63 bits per heavy atom. The van der Waals surface area contributed by atoms with E-state index in [1.54, 1.807) is 6.26 Å². The summed E-state index contributed by atoms with van der Waals surface area (Å²) >= 11 is 0. The summed E-state index contributed by atoms with van der Waals surface area (Å²) < 4.78 is 5.40. The molecule has 0 fully saturated rings. The fraction of sp³-hybridized carbons (Fsp3) is 0.375. The number of hydrogen-bond acceptors (Lipinski definition) is 3. The number of nitrogens with two attached hydrogens (primary N) is 1. The van der Waals surface area contributed by atoms with Crippen molar-refractivity contribution in [3.63, 3.8) is 0 Å². The van der Waals surface area contributed by atoms with E-state index in [2.05, 4.69) is 44.0 Å². The van der Waals surface area contributed by atoms with E-state index in [0.29, 0.717) is 6.54 Å². The van der Waals surface area contributed by atoms with Crippen molar-refractivity contribution in [3.05, 3.63) is 59.0 Å². The van der Waals surface area contributed by atoms with E-state index in [-0.39, 0.29) is 6.04 Å². The first-order chi connectivity index (χ1) is 9.11. The lowest BCUT2D eigenvalue weighted by atomic mass is 9.98. The molecular weight excluding hydrogens is 236 g/mol. The Balaban J connectivity index is 2.18. The SMILES string of the molecule is Cc1ccc(C(CN)N(C)Cc2ccco2)c(C)c1. The van der Waals surface area contributed by atoms with Gasteiger partial charge in [0.25, 0.3) is 0 Å². The number of rotatable bonds is 5. The van der Waals surface area contributed by atoms with Crippen molar-refractivity contribution in [1.29, 1.82) is 0 Å². The lowest BCUT2D eigenvalue weighted by Crippen LogP contribution is -2.30. The Morgan fingerprint density at radius 1 is 1.26 bits per heavy atom. The van der Waals surface area contributed by atoms with E-state index < -0.39 is 0 Å². The quantitative estimate of drug-likeness (QED) is 0.896.